The second kappa shape index (κ2) is 6.06. The fraction of sp³-hybridized carbons (Fsp3) is 0.200. The van der Waals surface area contributed by atoms with E-state index in [0.717, 1.165) is 11.3 Å². The van der Waals surface area contributed by atoms with Crippen LogP contribution in [0, 0.1) is 6.92 Å². The summed E-state index contributed by atoms with van der Waals surface area (Å²) in [6.45, 7) is 1.80. The van der Waals surface area contributed by atoms with E-state index in [4.69, 9.17) is 9.47 Å². The van der Waals surface area contributed by atoms with Gasteiger partial charge in [-0.2, -0.15) is 4.98 Å². The average Bonchev–Trinajstić information content (AvgIpc) is 2.44. The van der Waals surface area contributed by atoms with Crippen LogP contribution in [-0.2, 0) is 0 Å². The Kier molecular flexibility index (Phi) is 4.20. The van der Waals surface area contributed by atoms with Crippen molar-refractivity contribution >= 4 is 12.2 Å². The molecular formula is C15H16N2O3. The van der Waals surface area contributed by atoms with Crippen LogP contribution in [0.1, 0.15) is 17.1 Å². The highest BCUT2D eigenvalue weighted by Crippen LogP contribution is 2.26. The number of rotatable bonds is 4. The first kappa shape index (κ1) is 13.9. The largest absolute Gasteiger partial charge is 0.497 e. The van der Waals surface area contributed by atoms with Crippen molar-refractivity contribution in [2.45, 2.75) is 6.92 Å². The van der Waals surface area contributed by atoms with Crippen molar-refractivity contribution in [1.82, 2.24) is 9.97 Å². The number of aryl methyl sites for hydroxylation is 1. The molecule has 2 rings (SSSR count). The molecule has 0 spiro atoms. The van der Waals surface area contributed by atoms with Crippen molar-refractivity contribution < 1.29 is 14.6 Å². The third-order valence-electron chi connectivity index (χ3n) is 2.71. The molecule has 0 aliphatic heterocycles. The van der Waals surface area contributed by atoms with Gasteiger partial charge in [-0.1, -0.05) is 0 Å². The van der Waals surface area contributed by atoms with Crippen LogP contribution in [0.5, 0.6) is 17.4 Å². The van der Waals surface area contributed by atoms with Gasteiger partial charge in [0.05, 0.1) is 14.2 Å². The minimum atomic E-state index is -0.0427. The standard InChI is InChI=1S/C15H16N2O3/c1-10-8-15(18)17-14(16-10)7-5-11-4-6-12(19-2)9-13(11)20-3/h4-9H,1-3H3,(H,16,17,18)/b7-5+. The van der Waals surface area contributed by atoms with Crippen molar-refractivity contribution in [2.24, 2.45) is 0 Å². The number of hydrogen-bond donors (Lipinski definition) is 1. The van der Waals surface area contributed by atoms with Gasteiger partial charge in [0.15, 0.2) is 5.82 Å². The van der Waals surface area contributed by atoms with Gasteiger partial charge in [-0.25, -0.2) is 4.98 Å². The minimum Gasteiger partial charge on any atom is -0.497 e. The summed E-state index contributed by atoms with van der Waals surface area (Å²) in [5.41, 5.74) is 1.58. The molecule has 0 aliphatic carbocycles. The van der Waals surface area contributed by atoms with Crippen LogP contribution in [0.2, 0.25) is 0 Å². The Morgan fingerprint density at radius 1 is 1.05 bits per heavy atom. The third kappa shape index (κ3) is 3.26. The molecule has 0 radical (unpaired) electrons. The summed E-state index contributed by atoms with van der Waals surface area (Å²) >= 11 is 0. The van der Waals surface area contributed by atoms with Crippen molar-refractivity contribution in [3.63, 3.8) is 0 Å². The summed E-state index contributed by atoms with van der Waals surface area (Å²) < 4.78 is 10.4. The van der Waals surface area contributed by atoms with Crippen LogP contribution in [-0.4, -0.2) is 29.3 Å². The van der Waals surface area contributed by atoms with E-state index < -0.39 is 0 Å². The lowest BCUT2D eigenvalue weighted by atomic mass is 10.1. The fourth-order valence-electron chi connectivity index (χ4n) is 1.77. The van der Waals surface area contributed by atoms with Crippen LogP contribution < -0.4 is 9.47 Å². The Morgan fingerprint density at radius 2 is 1.85 bits per heavy atom. The Labute approximate surface area is 117 Å². The van der Waals surface area contributed by atoms with E-state index in [2.05, 4.69) is 9.97 Å². The molecule has 0 saturated carbocycles. The monoisotopic (exact) mass is 272 g/mol. The zero-order valence-corrected chi connectivity index (χ0v) is 11.6. The van der Waals surface area contributed by atoms with Crippen LogP contribution >= 0.6 is 0 Å². The molecule has 104 valence electrons. The molecule has 20 heavy (non-hydrogen) atoms. The number of nitrogens with zero attached hydrogens (tertiary/aromatic N) is 2. The van der Waals surface area contributed by atoms with E-state index in [-0.39, 0.29) is 5.88 Å². The molecule has 1 heterocycles. The molecule has 2 aromatic rings. The van der Waals surface area contributed by atoms with E-state index in [0.29, 0.717) is 17.3 Å². The Morgan fingerprint density at radius 3 is 2.50 bits per heavy atom. The highest BCUT2D eigenvalue weighted by molar-refractivity contribution is 5.71. The molecule has 1 aromatic carbocycles. The summed E-state index contributed by atoms with van der Waals surface area (Å²) in [6.07, 6.45) is 3.55. The van der Waals surface area contributed by atoms with Crippen molar-refractivity contribution in [1.29, 1.82) is 0 Å². The lowest BCUT2D eigenvalue weighted by Gasteiger charge is -2.07. The molecule has 1 N–H and O–H groups in total. The second-order valence-corrected chi connectivity index (χ2v) is 4.17. The van der Waals surface area contributed by atoms with Gasteiger partial charge in [-0.3, -0.25) is 0 Å². The maximum absolute atomic E-state index is 9.43. The smallest absolute Gasteiger partial charge is 0.214 e. The number of hydrogen-bond acceptors (Lipinski definition) is 5. The average molecular weight is 272 g/mol. The molecular weight excluding hydrogens is 256 g/mol. The van der Waals surface area contributed by atoms with Gasteiger partial charge in [-0.05, 0) is 31.2 Å². The molecule has 0 atom stereocenters. The normalized spacial score (nSPS) is 10.8. The maximum atomic E-state index is 9.43. The zero-order chi connectivity index (χ0) is 14.5. The first-order valence-corrected chi connectivity index (χ1v) is 6.07. The predicted octanol–water partition coefficient (Wildman–Crippen LogP) is 2.68. The van der Waals surface area contributed by atoms with E-state index in [1.54, 1.807) is 33.3 Å². The van der Waals surface area contributed by atoms with E-state index >= 15 is 0 Å². The fourth-order valence-corrected chi connectivity index (χ4v) is 1.77. The first-order valence-electron chi connectivity index (χ1n) is 6.07. The van der Waals surface area contributed by atoms with Gasteiger partial charge < -0.3 is 14.6 Å². The first-order chi connectivity index (χ1) is 9.62. The van der Waals surface area contributed by atoms with E-state index in [9.17, 15) is 5.11 Å². The highest BCUT2D eigenvalue weighted by atomic mass is 16.5. The summed E-state index contributed by atoms with van der Waals surface area (Å²) in [7, 11) is 3.20. The van der Waals surface area contributed by atoms with Crippen molar-refractivity contribution in [3.8, 4) is 17.4 Å². The van der Waals surface area contributed by atoms with Crippen LogP contribution in [0.25, 0.3) is 12.2 Å². The molecule has 1 aromatic heterocycles. The molecule has 0 bridgehead atoms. The van der Waals surface area contributed by atoms with Crippen LogP contribution in [0.4, 0.5) is 0 Å². The number of methoxy groups -OCH3 is 2. The van der Waals surface area contributed by atoms with Gasteiger partial charge in [0, 0.05) is 23.4 Å². The van der Waals surface area contributed by atoms with Crippen LogP contribution in [0.3, 0.4) is 0 Å². The molecule has 0 amide bonds. The predicted molar refractivity (Wildman–Crippen MR) is 76.9 cm³/mol. The van der Waals surface area contributed by atoms with E-state index in [1.165, 1.54) is 6.07 Å². The lowest BCUT2D eigenvalue weighted by molar-refractivity contribution is 0.394. The van der Waals surface area contributed by atoms with Gasteiger partial charge >= 0.3 is 0 Å². The number of ether oxygens (including phenoxy) is 2. The summed E-state index contributed by atoms with van der Waals surface area (Å²) in [4.78, 5) is 8.15. The van der Waals surface area contributed by atoms with Gasteiger partial charge in [0.2, 0.25) is 5.88 Å². The zero-order valence-electron chi connectivity index (χ0n) is 11.6. The summed E-state index contributed by atoms with van der Waals surface area (Å²) in [5, 5.41) is 9.43. The quantitative estimate of drug-likeness (QED) is 0.927. The molecule has 5 heteroatoms. The Hall–Kier alpha value is -2.56. The lowest BCUT2D eigenvalue weighted by Crippen LogP contribution is -1.91. The van der Waals surface area contributed by atoms with Crippen molar-refractivity contribution in [3.05, 3.63) is 41.3 Å². The Bertz CT molecular complexity index is 619. The molecule has 0 saturated heterocycles. The van der Waals surface area contributed by atoms with Gasteiger partial charge in [0.1, 0.15) is 11.5 Å². The van der Waals surface area contributed by atoms with Crippen LogP contribution in [0.15, 0.2) is 24.3 Å². The van der Waals surface area contributed by atoms with Gasteiger partial charge in [-0.15, -0.1) is 0 Å². The molecule has 5 nitrogen and oxygen atoms in total. The Balaban J connectivity index is 2.31. The second-order valence-electron chi connectivity index (χ2n) is 4.17. The summed E-state index contributed by atoms with van der Waals surface area (Å²) in [6, 6.07) is 7.03. The number of aromatic nitrogens is 2. The molecule has 0 aliphatic rings. The van der Waals surface area contributed by atoms with Gasteiger partial charge in [0.25, 0.3) is 0 Å². The molecule has 0 unspecified atom stereocenters. The highest BCUT2D eigenvalue weighted by Gasteiger charge is 2.03. The number of aromatic hydroxyl groups is 1. The number of benzene rings is 1. The maximum Gasteiger partial charge on any atom is 0.214 e. The topological polar surface area (TPSA) is 64.5 Å². The van der Waals surface area contributed by atoms with Crippen molar-refractivity contribution in [2.75, 3.05) is 14.2 Å². The SMILES string of the molecule is COc1ccc(/C=C/c2nc(C)cc(O)n2)c(OC)c1. The minimum absolute atomic E-state index is 0.0427. The molecule has 0 fully saturated rings. The third-order valence-corrected chi connectivity index (χ3v) is 2.71. The summed E-state index contributed by atoms with van der Waals surface area (Å²) in [5.74, 6) is 1.82. The van der Waals surface area contributed by atoms with E-state index in [1.807, 2.05) is 18.2 Å².